The molecule has 8 heteroatoms. The molecule has 2 amide bonds. The molecule has 0 aliphatic carbocycles. The average molecular weight is 509 g/mol. The van der Waals surface area contributed by atoms with Crippen molar-refractivity contribution in [3.63, 3.8) is 0 Å². The normalized spacial score (nSPS) is 19.6. The van der Waals surface area contributed by atoms with Crippen LogP contribution in [0.2, 0.25) is 0 Å². The maximum absolute atomic E-state index is 13.3. The van der Waals surface area contributed by atoms with Crippen LogP contribution in [-0.2, 0) is 29.1 Å². The predicted molar refractivity (Wildman–Crippen MR) is 146 cm³/mol. The standard InChI is InChI=1S/C30H28N4O4/c35-29-26-21(17-31-29)24-19-5-1-3-7-22(19)33-11-9-18(38-30(36)32-13-15-37-16-14-32)10-12-34-23-8-4-2-6-20(23)25(26)28(34)27(24)33/h1-8,18H,9-17H2,(H,31,35). The highest BCUT2D eigenvalue weighted by Crippen LogP contribution is 2.45. The van der Waals surface area contributed by atoms with Crippen molar-refractivity contribution in [3.8, 4) is 0 Å². The molecule has 8 nitrogen and oxygen atoms in total. The number of amides is 2. The lowest BCUT2D eigenvalue weighted by Gasteiger charge is -2.28. The van der Waals surface area contributed by atoms with Gasteiger partial charge in [0.1, 0.15) is 6.10 Å². The van der Waals surface area contributed by atoms with E-state index in [0.29, 0.717) is 45.8 Å². The summed E-state index contributed by atoms with van der Waals surface area (Å²) in [5.74, 6) is -0.00109. The van der Waals surface area contributed by atoms with E-state index in [9.17, 15) is 9.59 Å². The number of nitrogens with zero attached hydrogens (tertiary/aromatic N) is 3. The van der Waals surface area contributed by atoms with Gasteiger partial charge in [0, 0.05) is 78.1 Å². The minimum absolute atomic E-state index is 0.00109. The predicted octanol–water partition coefficient (Wildman–Crippen LogP) is 4.78. The first-order valence-corrected chi connectivity index (χ1v) is 13.5. The Morgan fingerprint density at radius 2 is 1.45 bits per heavy atom. The maximum Gasteiger partial charge on any atom is 0.410 e. The van der Waals surface area contributed by atoms with Crippen LogP contribution in [0.15, 0.2) is 48.5 Å². The van der Waals surface area contributed by atoms with Crippen LogP contribution < -0.4 is 5.32 Å². The van der Waals surface area contributed by atoms with Crippen molar-refractivity contribution in [3.05, 3.63) is 59.7 Å². The van der Waals surface area contributed by atoms with Crippen LogP contribution in [0.5, 0.6) is 0 Å². The molecule has 8 rings (SSSR count). The minimum Gasteiger partial charge on any atom is -0.446 e. The molecule has 1 N–H and O–H groups in total. The molecule has 2 aromatic heterocycles. The van der Waals surface area contributed by atoms with E-state index >= 15 is 0 Å². The Kier molecular flexibility index (Phi) is 4.76. The van der Waals surface area contributed by atoms with E-state index in [2.05, 4.69) is 56.9 Å². The van der Waals surface area contributed by atoms with E-state index in [0.717, 1.165) is 62.2 Å². The van der Waals surface area contributed by atoms with Gasteiger partial charge in [-0.15, -0.1) is 0 Å². The van der Waals surface area contributed by atoms with Crippen molar-refractivity contribution < 1.29 is 19.1 Å². The monoisotopic (exact) mass is 508 g/mol. The van der Waals surface area contributed by atoms with Crippen LogP contribution in [-0.4, -0.2) is 58.4 Å². The van der Waals surface area contributed by atoms with Gasteiger partial charge < -0.3 is 28.8 Å². The number of para-hydroxylation sites is 2. The smallest absolute Gasteiger partial charge is 0.410 e. The zero-order valence-electron chi connectivity index (χ0n) is 21.0. The second-order valence-corrected chi connectivity index (χ2v) is 10.5. The molecule has 0 spiro atoms. The molecule has 0 bridgehead atoms. The van der Waals surface area contributed by atoms with Gasteiger partial charge in [0.2, 0.25) is 0 Å². The van der Waals surface area contributed by atoms with Gasteiger partial charge in [-0.05, 0) is 17.7 Å². The van der Waals surface area contributed by atoms with Crippen LogP contribution in [0.1, 0.15) is 28.8 Å². The number of hydrogen-bond donors (Lipinski definition) is 1. The van der Waals surface area contributed by atoms with Crippen LogP contribution in [0, 0.1) is 0 Å². The van der Waals surface area contributed by atoms with Crippen molar-refractivity contribution in [1.29, 1.82) is 0 Å². The number of nitrogens with one attached hydrogen (secondary N) is 1. The molecule has 1 unspecified atom stereocenters. The summed E-state index contributed by atoms with van der Waals surface area (Å²) in [5.41, 5.74) is 6.42. The molecule has 1 fully saturated rings. The van der Waals surface area contributed by atoms with Crippen molar-refractivity contribution in [2.45, 2.75) is 38.6 Å². The van der Waals surface area contributed by atoms with E-state index in [-0.39, 0.29) is 18.1 Å². The fourth-order valence-corrected chi connectivity index (χ4v) is 6.85. The van der Waals surface area contributed by atoms with Crippen molar-refractivity contribution >= 4 is 55.6 Å². The Labute approximate surface area is 218 Å². The third kappa shape index (κ3) is 3.01. The number of rotatable bonds is 1. The summed E-state index contributed by atoms with van der Waals surface area (Å²) < 4.78 is 16.3. The summed E-state index contributed by atoms with van der Waals surface area (Å²) in [7, 11) is 0. The number of ether oxygens (including phenoxy) is 2. The van der Waals surface area contributed by atoms with Crippen LogP contribution in [0.3, 0.4) is 0 Å². The van der Waals surface area contributed by atoms with E-state index in [1.807, 2.05) is 6.07 Å². The van der Waals surface area contributed by atoms with Gasteiger partial charge in [0.25, 0.3) is 5.91 Å². The number of aryl methyl sites for hydroxylation is 2. The Balaban J connectivity index is 1.38. The SMILES string of the molecule is O=C1NCc2c1c1c3ccccc3n3c1c1c2c2ccccc2n1CCC(OC(=O)N1CCOCC1)CC3. The zero-order chi connectivity index (χ0) is 25.4. The Bertz CT molecular complexity index is 1790. The fraction of sp³-hybridized carbons (Fsp3) is 0.333. The lowest BCUT2D eigenvalue weighted by atomic mass is 9.97. The summed E-state index contributed by atoms with van der Waals surface area (Å²) in [5, 5.41) is 7.56. The minimum atomic E-state index is -0.254. The van der Waals surface area contributed by atoms with E-state index in [1.54, 1.807) is 4.90 Å². The van der Waals surface area contributed by atoms with E-state index in [4.69, 9.17) is 9.47 Å². The number of carbonyl (C=O) groups excluding carboxylic acids is 2. The van der Waals surface area contributed by atoms with Gasteiger partial charge >= 0.3 is 6.09 Å². The molecule has 3 aromatic carbocycles. The van der Waals surface area contributed by atoms with Gasteiger partial charge in [-0.25, -0.2) is 4.79 Å². The first-order valence-electron chi connectivity index (χ1n) is 13.5. The second-order valence-electron chi connectivity index (χ2n) is 10.5. The molecular formula is C30H28N4O4. The Hall–Kier alpha value is -4.04. The summed E-state index contributed by atoms with van der Waals surface area (Å²) >= 11 is 0. The lowest BCUT2D eigenvalue weighted by molar-refractivity contribution is 0.00823. The van der Waals surface area contributed by atoms with Crippen molar-refractivity contribution in [2.24, 2.45) is 0 Å². The van der Waals surface area contributed by atoms with Gasteiger partial charge in [0.15, 0.2) is 0 Å². The zero-order valence-corrected chi connectivity index (χ0v) is 21.0. The van der Waals surface area contributed by atoms with Crippen LogP contribution in [0.25, 0.3) is 43.6 Å². The molecule has 3 aliphatic rings. The quantitative estimate of drug-likeness (QED) is 0.354. The first-order chi connectivity index (χ1) is 18.7. The van der Waals surface area contributed by atoms with Gasteiger partial charge in [-0.2, -0.15) is 0 Å². The molecule has 3 aliphatic heterocycles. The molecule has 192 valence electrons. The maximum atomic E-state index is 13.3. The summed E-state index contributed by atoms with van der Waals surface area (Å²) in [4.78, 5) is 28.1. The highest BCUT2D eigenvalue weighted by atomic mass is 16.6. The highest BCUT2D eigenvalue weighted by molar-refractivity contribution is 6.30. The number of morpholine rings is 1. The summed E-state index contributed by atoms with van der Waals surface area (Å²) in [6.07, 6.45) is 0.956. The van der Waals surface area contributed by atoms with E-state index in [1.165, 1.54) is 5.52 Å². The topological polar surface area (TPSA) is 77.7 Å². The fourth-order valence-electron chi connectivity index (χ4n) is 6.85. The molecule has 5 aromatic rings. The van der Waals surface area contributed by atoms with Gasteiger partial charge in [-0.3, -0.25) is 4.79 Å². The number of hydrogen-bond acceptors (Lipinski definition) is 4. The van der Waals surface area contributed by atoms with Crippen molar-refractivity contribution in [1.82, 2.24) is 19.4 Å². The number of fused-ring (bicyclic) bond motifs is 9. The molecule has 5 heterocycles. The summed E-state index contributed by atoms with van der Waals surface area (Å²) in [6, 6.07) is 16.8. The molecule has 1 atom stereocenters. The molecule has 38 heavy (non-hydrogen) atoms. The Morgan fingerprint density at radius 3 is 2.13 bits per heavy atom. The van der Waals surface area contributed by atoms with Gasteiger partial charge in [0.05, 0.1) is 29.8 Å². The third-order valence-corrected chi connectivity index (χ3v) is 8.56. The van der Waals surface area contributed by atoms with E-state index < -0.39 is 0 Å². The average Bonchev–Trinajstić information content (AvgIpc) is 3.61. The number of aromatic nitrogens is 2. The third-order valence-electron chi connectivity index (χ3n) is 8.56. The van der Waals surface area contributed by atoms with Crippen molar-refractivity contribution in [2.75, 3.05) is 26.3 Å². The molecular weight excluding hydrogens is 480 g/mol. The van der Waals surface area contributed by atoms with Gasteiger partial charge in [-0.1, -0.05) is 36.4 Å². The number of benzene rings is 3. The summed E-state index contributed by atoms with van der Waals surface area (Å²) in [6.45, 7) is 4.19. The van der Waals surface area contributed by atoms with Crippen LogP contribution >= 0.6 is 0 Å². The first kappa shape index (κ1) is 22.0. The largest absolute Gasteiger partial charge is 0.446 e. The molecule has 0 saturated carbocycles. The lowest BCUT2D eigenvalue weighted by Crippen LogP contribution is -2.42. The Morgan fingerprint density at radius 1 is 0.842 bits per heavy atom. The highest BCUT2D eigenvalue weighted by Gasteiger charge is 2.33. The second kappa shape index (κ2) is 8.23. The molecule has 1 saturated heterocycles. The molecule has 0 radical (unpaired) electrons. The number of carbonyl (C=O) groups is 2. The van der Waals surface area contributed by atoms with Crippen LogP contribution in [0.4, 0.5) is 4.79 Å².